The summed E-state index contributed by atoms with van der Waals surface area (Å²) in [5.74, 6) is 5.66. The number of hydrogen-bond donors (Lipinski definition) is 3. The number of allylic oxidation sites excluding steroid dienone is 1. The number of imidazole rings is 1. The van der Waals surface area contributed by atoms with Crippen LogP contribution in [0.5, 0.6) is 0 Å². The van der Waals surface area contributed by atoms with Crippen LogP contribution in [0, 0.1) is 30.0 Å². The van der Waals surface area contributed by atoms with Gasteiger partial charge in [-0.2, -0.15) is 0 Å². The molecule has 0 atom stereocenters. The van der Waals surface area contributed by atoms with Crippen LogP contribution in [0.3, 0.4) is 0 Å². The second kappa shape index (κ2) is 5.85. The van der Waals surface area contributed by atoms with Crippen molar-refractivity contribution in [3.63, 3.8) is 0 Å². The fraction of sp³-hybridized carbons (Fsp3) is 0.0667. The van der Waals surface area contributed by atoms with Gasteiger partial charge in [0.25, 0.3) is 0 Å². The first kappa shape index (κ1) is 13.6. The van der Waals surface area contributed by atoms with Crippen LogP contribution in [0.25, 0.3) is 6.08 Å². The quantitative estimate of drug-likeness (QED) is 0.444. The van der Waals surface area contributed by atoms with Crippen molar-refractivity contribution in [2.45, 2.75) is 6.92 Å². The molecule has 4 nitrogen and oxygen atoms in total. The van der Waals surface area contributed by atoms with E-state index in [0.29, 0.717) is 11.5 Å². The zero-order valence-electron chi connectivity index (χ0n) is 10.9. The SMILES string of the molecule is Cc1ccc(N)c(F)c1C#Cc1cnc(/C=C\C=N)[nH]1. The van der Waals surface area contributed by atoms with E-state index in [1.165, 1.54) is 12.1 Å². The average Bonchev–Trinajstić information content (AvgIpc) is 2.89. The molecule has 5 heteroatoms. The molecule has 2 rings (SSSR count). The molecule has 20 heavy (non-hydrogen) atoms. The standard InChI is InChI=1S/C15H13FN4/c1-10-4-7-13(18)15(16)12(10)6-5-11-9-19-14(20-11)3-2-8-17/h2-4,7-9,17H,18H2,1H3,(H,19,20)/b3-2-,17-8?. The third kappa shape index (κ3) is 2.93. The van der Waals surface area contributed by atoms with Gasteiger partial charge in [0, 0.05) is 6.21 Å². The van der Waals surface area contributed by atoms with Crippen molar-refractivity contribution in [1.82, 2.24) is 9.97 Å². The lowest BCUT2D eigenvalue weighted by Gasteiger charge is -2.02. The van der Waals surface area contributed by atoms with Crippen molar-refractivity contribution in [2.24, 2.45) is 0 Å². The summed E-state index contributed by atoms with van der Waals surface area (Å²) in [5, 5.41) is 6.88. The number of nitrogen functional groups attached to an aromatic ring is 1. The molecule has 0 spiro atoms. The lowest BCUT2D eigenvalue weighted by Crippen LogP contribution is -1.96. The van der Waals surface area contributed by atoms with Crippen LogP contribution in [-0.4, -0.2) is 16.2 Å². The Morgan fingerprint density at radius 2 is 2.20 bits per heavy atom. The maximum Gasteiger partial charge on any atom is 0.161 e. The smallest absolute Gasteiger partial charge is 0.161 e. The molecule has 0 fully saturated rings. The van der Waals surface area contributed by atoms with Crippen molar-refractivity contribution in [3.8, 4) is 11.8 Å². The lowest BCUT2D eigenvalue weighted by atomic mass is 10.1. The number of anilines is 1. The number of benzene rings is 1. The minimum Gasteiger partial charge on any atom is -0.396 e. The van der Waals surface area contributed by atoms with Gasteiger partial charge < -0.3 is 16.1 Å². The molecule has 0 amide bonds. The van der Waals surface area contributed by atoms with Gasteiger partial charge in [0.2, 0.25) is 0 Å². The van der Waals surface area contributed by atoms with Gasteiger partial charge in [0.1, 0.15) is 11.5 Å². The summed E-state index contributed by atoms with van der Waals surface area (Å²) in [4.78, 5) is 7.00. The van der Waals surface area contributed by atoms with Crippen molar-refractivity contribution < 1.29 is 4.39 Å². The van der Waals surface area contributed by atoms with Crippen molar-refractivity contribution in [3.05, 3.63) is 52.9 Å². The van der Waals surface area contributed by atoms with Gasteiger partial charge in [-0.25, -0.2) is 9.37 Å². The van der Waals surface area contributed by atoms with E-state index in [0.717, 1.165) is 11.8 Å². The lowest BCUT2D eigenvalue weighted by molar-refractivity contribution is 0.628. The molecule has 0 radical (unpaired) electrons. The minimum absolute atomic E-state index is 0.0825. The van der Waals surface area contributed by atoms with Gasteiger partial charge in [-0.05, 0) is 36.6 Å². The number of nitrogens with zero attached hydrogens (tertiary/aromatic N) is 1. The van der Waals surface area contributed by atoms with Gasteiger partial charge in [-0.3, -0.25) is 0 Å². The third-order valence-electron chi connectivity index (χ3n) is 2.65. The fourth-order valence-electron chi connectivity index (χ4n) is 1.60. The zero-order valence-corrected chi connectivity index (χ0v) is 10.9. The summed E-state index contributed by atoms with van der Waals surface area (Å²) >= 11 is 0. The normalized spacial score (nSPS) is 10.3. The summed E-state index contributed by atoms with van der Waals surface area (Å²) in [5.41, 5.74) is 7.19. The van der Waals surface area contributed by atoms with Gasteiger partial charge in [0.15, 0.2) is 5.82 Å². The molecule has 0 aliphatic heterocycles. The van der Waals surface area contributed by atoms with E-state index in [-0.39, 0.29) is 11.3 Å². The second-order valence-electron chi connectivity index (χ2n) is 4.12. The number of rotatable bonds is 2. The largest absolute Gasteiger partial charge is 0.396 e. The summed E-state index contributed by atoms with van der Waals surface area (Å²) in [6.45, 7) is 1.78. The molecule has 100 valence electrons. The predicted molar refractivity (Wildman–Crippen MR) is 77.9 cm³/mol. The van der Waals surface area contributed by atoms with Gasteiger partial charge in [-0.1, -0.05) is 12.0 Å². The highest BCUT2D eigenvalue weighted by atomic mass is 19.1. The van der Waals surface area contributed by atoms with Crippen LogP contribution >= 0.6 is 0 Å². The fourth-order valence-corrected chi connectivity index (χ4v) is 1.60. The maximum absolute atomic E-state index is 13.8. The Labute approximate surface area is 116 Å². The van der Waals surface area contributed by atoms with Crippen LogP contribution in [0.1, 0.15) is 22.6 Å². The molecule has 2 aromatic rings. The van der Waals surface area contributed by atoms with Crippen LogP contribution in [0.4, 0.5) is 10.1 Å². The molecular weight excluding hydrogens is 255 g/mol. The maximum atomic E-state index is 13.8. The second-order valence-corrected chi connectivity index (χ2v) is 4.12. The predicted octanol–water partition coefficient (Wildman–Crippen LogP) is 2.50. The Kier molecular flexibility index (Phi) is 3.96. The third-order valence-corrected chi connectivity index (χ3v) is 2.65. The molecule has 0 unspecified atom stereocenters. The molecule has 1 heterocycles. The summed E-state index contributed by atoms with van der Waals surface area (Å²) in [7, 11) is 0. The highest BCUT2D eigenvalue weighted by Crippen LogP contribution is 2.17. The van der Waals surface area contributed by atoms with E-state index in [1.54, 1.807) is 25.3 Å². The van der Waals surface area contributed by atoms with Crippen LogP contribution < -0.4 is 5.73 Å². The number of aryl methyl sites for hydroxylation is 1. The van der Waals surface area contributed by atoms with E-state index in [9.17, 15) is 4.39 Å². The number of halogens is 1. The molecule has 1 aromatic carbocycles. The van der Waals surface area contributed by atoms with Gasteiger partial charge in [0.05, 0.1) is 17.4 Å². The van der Waals surface area contributed by atoms with Crippen molar-refractivity contribution >= 4 is 18.0 Å². The number of H-pyrrole nitrogens is 1. The number of nitrogens with two attached hydrogens (primary N) is 1. The summed E-state index contributed by atoms with van der Waals surface area (Å²) in [6.07, 6.45) is 5.89. The minimum atomic E-state index is -0.499. The zero-order chi connectivity index (χ0) is 14.5. The first-order valence-electron chi connectivity index (χ1n) is 5.90. The van der Waals surface area contributed by atoms with E-state index in [2.05, 4.69) is 21.8 Å². The molecular formula is C15H13FN4. The Hall–Kier alpha value is -2.87. The van der Waals surface area contributed by atoms with E-state index in [1.807, 2.05) is 0 Å². The Balaban J connectivity index is 2.32. The number of aromatic amines is 1. The molecule has 0 aliphatic carbocycles. The van der Waals surface area contributed by atoms with Crippen LogP contribution in [0.2, 0.25) is 0 Å². The number of nitrogens with one attached hydrogen (secondary N) is 2. The topological polar surface area (TPSA) is 78.5 Å². The Morgan fingerprint density at radius 3 is 2.95 bits per heavy atom. The molecule has 0 bridgehead atoms. The van der Waals surface area contributed by atoms with E-state index in [4.69, 9.17) is 11.1 Å². The van der Waals surface area contributed by atoms with E-state index < -0.39 is 5.82 Å². The Morgan fingerprint density at radius 1 is 1.40 bits per heavy atom. The highest BCUT2D eigenvalue weighted by Gasteiger charge is 2.06. The monoisotopic (exact) mass is 268 g/mol. The number of hydrogen-bond acceptors (Lipinski definition) is 3. The van der Waals surface area contributed by atoms with Gasteiger partial charge >= 0.3 is 0 Å². The van der Waals surface area contributed by atoms with Crippen LogP contribution in [-0.2, 0) is 0 Å². The average molecular weight is 268 g/mol. The van der Waals surface area contributed by atoms with Crippen molar-refractivity contribution in [2.75, 3.05) is 5.73 Å². The molecule has 4 N–H and O–H groups in total. The highest BCUT2D eigenvalue weighted by molar-refractivity contribution is 5.74. The molecule has 0 aliphatic rings. The summed E-state index contributed by atoms with van der Waals surface area (Å²) < 4.78 is 13.8. The Bertz CT molecular complexity index is 732. The van der Waals surface area contributed by atoms with E-state index >= 15 is 0 Å². The van der Waals surface area contributed by atoms with Gasteiger partial charge in [-0.15, -0.1) is 0 Å². The van der Waals surface area contributed by atoms with Crippen molar-refractivity contribution in [1.29, 1.82) is 5.41 Å². The number of aromatic nitrogens is 2. The molecule has 0 saturated carbocycles. The molecule has 1 aromatic heterocycles. The first-order chi connectivity index (χ1) is 9.61. The molecule has 0 saturated heterocycles. The van der Waals surface area contributed by atoms with Crippen LogP contribution in [0.15, 0.2) is 24.4 Å². The first-order valence-corrected chi connectivity index (χ1v) is 5.90. The summed E-state index contributed by atoms with van der Waals surface area (Å²) in [6, 6.07) is 3.25.